The van der Waals surface area contributed by atoms with Gasteiger partial charge in [-0.05, 0) is 37.1 Å². The fraction of sp³-hybridized carbons (Fsp3) is 0.478. The van der Waals surface area contributed by atoms with E-state index >= 15 is 0 Å². The monoisotopic (exact) mass is 430 g/mol. The maximum atomic E-state index is 12.7. The average Bonchev–Trinajstić information content (AvgIpc) is 3.45. The zero-order valence-corrected chi connectivity index (χ0v) is 19.1. The topological polar surface area (TPSA) is 87.1 Å². The van der Waals surface area contributed by atoms with Gasteiger partial charge in [0.1, 0.15) is 17.7 Å². The lowest BCUT2D eigenvalue weighted by Crippen LogP contribution is -2.42. The molecule has 1 amide bonds. The van der Waals surface area contributed by atoms with Gasteiger partial charge in [0.2, 0.25) is 5.91 Å². The lowest BCUT2D eigenvalue weighted by molar-refractivity contribution is -0.135. The third kappa shape index (κ3) is 5.71. The Morgan fingerprint density at radius 3 is 2.55 bits per heavy atom. The number of ether oxygens (including phenoxy) is 1. The van der Waals surface area contributed by atoms with Crippen molar-refractivity contribution >= 4 is 17.6 Å². The number of rotatable bonds is 9. The number of esters is 1. The fourth-order valence-corrected chi connectivity index (χ4v) is 3.44. The van der Waals surface area contributed by atoms with Crippen LogP contribution < -0.4 is 10.6 Å². The highest BCUT2D eigenvalue weighted by molar-refractivity contribution is 5.92. The summed E-state index contributed by atoms with van der Waals surface area (Å²) in [7, 11) is 1.36. The van der Waals surface area contributed by atoms with Crippen molar-refractivity contribution in [1.82, 2.24) is 20.4 Å². The van der Waals surface area contributed by atoms with Crippen LogP contribution in [0.3, 0.4) is 0 Å². The van der Waals surface area contributed by atoms with E-state index in [9.17, 15) is 9.59 Å². The molecule has 2 aliphatic heterocycles. The molecule has 1 unspecified atom stereocenters. The molecule has 0 spiro atoms. The number of methoxy groups -OCH3 is 1. The van der Waals surface area contributed by atoms with Crippen LogP contribution in [0.4, 0.5) is 0 Å². The maximum Gasteiger partial charge on any atom is 0.337 e. The standard InChI is InChI=1S/C21H28N4O4.C2H6/c1-4-9-24(10-5-2)18(26)14-22-20-19(16-7-6-12-29-16)23-17-13-15(21(27)28-3)8-11-25(17)20;1-2/h6-8,11-13,17,22-23H,4-5,9-10,14H2,1-3H3;1-2H3. The van der Waals surface area contributed by atoms with Gasteiger partial charge in [0.15, 0.2) is 5.76 Å². The number of nitrogens with one attached hydrogen (secondary N) is 2. The lowest BCUT2D eigenvalue weighted by atomic mass is 10.1. The molecule has 0 bridgehead atoms. The Bertz CT molecular complexity index is 821. The quantitative estimate of drug-likeness (QED) is 0.582. The number of hydrogen-bond acceptors (Lipinski definition) is 7. The Hall–Kier alpha value is -3.16. The molecule has 3 rings (SSSR count). The Kier molecular flexibility index (Phi) is 9.24. The lowest BCUT2D eigenvalue weighted by Gasteiger charge is -2.28. The van der Waals surface area contributed by atoms with E-state index in [1.54, 1.807) is 30.7 Å². The van der Waals surface area contributed by atoms with Crippen molar-refractivity contribution in [3.63, 3.8) is 0 Å². The van der Waals surface area contributed by atoms with Crippen LogP contribution in [-0.4, -0.2) is 54.6 Å². The first-order valence-electron chi connectivity index (χ1n) is 10.9. The molecule has 0 saturated heterocycles. The number of amides is 1. The van der Waals surface area contributed by atoms with Crippen molar-refractivity contribution in [2.75, 3.05) is 26.7 Å². The van der Waals surface area contributed by atoms with Crippen molar-refractivity contribution < 1.29 is 18.7 Å². The van der Waals surface area contributed by atoms with Crippen LogP contribution in [0.15, 0.2) is 52.6 Å². The normalized spacial score (nSPS) is 16.6. The van der Waals surface area contributed by atoms with Crippen LogP contribution in [0.1, 0.15) is 46.3 Å². The van der Waals surface area contributed by atoms with E-state index in [-0.39, 0.29) is 18.6 Å². The molecule has 1 aromatic rings. The number of carbonyl (C=O) groups excluding carboxylic acids is 2. The zero-order valence-electron chi connectivity index (χ0n) is 19.1. The average molecular weight is 431 g/mol. The molecule has 2 aliphatic rings. The minimum Gasteiger partial charge on any atom is -0.465 e. The Morgan fingerprint density at radius 2 is 1.97 bits per heavy atom. The highest BCUT2D eigenvalue weighted by atomic mass is 16.5. The second kappa shape index (κ2) is 11.9. The van der Waals surface area contributed by atoms with Crippen molar-refractivity contribution in [2.24, 2.45) is 0 Å². The Balaban J connectivity index is 0.00000166. The minimum atomic E-state index is -0.395. The molecule has 0 saturated carbocycles. The number of hydrogen-bond donors (Lipinski definition) is 2. The predicted octanol–water partition coefficient (Wildman–Crippen LogP) is 3.03. The minimum absolute atomic E-state index is 0.0511. The van der Waals surface area contributed by atoms with Crippen LogP contribution in [0.5, 0.6) is 0 Å². The van der Waals surface area contributed by atoms with Crippen LogP contribution in [0, 0.1) is 0 Å². The molecule has 8 nitrogen and oxygen atoms in total. The Morgan fingerprint density at radius 1 is 1.26 bits per heavy atom. The van der Waals surface area contributed by atoms with Crippen LogP contribution in [0.25, 0.3) is 5.70 Å². The summed E-state index contributed by atoms with van der Waals surface area (Å²) in [6, 6.07) is 3.65. The Labute approximate surface area is 184 Å². The zero-order chi connectivity index (χ0) is 22.8. The van der Waals surface area contributed by atoms with Gasteiger partial charge < -0.3 is 29.6 Å². The summed E-state index contributed by atoms with van der Waals surface area (Å²) >= 11 is 0. The summed E-state index contributed by atoms with van der Waals surface area (Å²) in [6.45, 7) is 9.79. The van der Waals surface area contributed by atoms with Gasteiger partial charge in [0.05, 0.1) is 25.5 Å². The second-order valence-corrected chi connectivity index (χ2v) is 6.86. The molecular weight excluding hydrogens is 396 g/mol. The highest BCUT2D eigenvalue weighted by Gasteiger charge is 2.34. The van der Waals surface area contributed by atoms with Crippen LogP contribution in [-0.2, 0) is 14.3 Å². The van der Waals surface area contributed by atoms with E-state index in [4.69, 9.17) is 9.15 Å². The summed E-state index contributed by atoms with van der Waals surface area (Å²) in [6.07, 6.45) is 8.43. The van der Waals surface area contributed by atoms with E-state index in [0.29, 0.717) is 11.3 Å². The van der Waals surface area contributed by atoms with Gasteiger partial charge in [-0.15, -0.1) is 0 Å². The highest BCUT2D eigenvalue weighted by Crippen LogP contribution is 2.30. The van der Waals surface area contributed by atoms with Gasteiger partial charge in [-0.1, -0.05) is 27.7 Å². The van der Waals surface area contributed by atoms with E-state index in [0.717, 1.165) is 37.4 Å². The van der Waals surface area contributed by atoms with Gasteiger partial charge in [0.25, 0.3) is 0 Å². The molecular formula is C23H34N4O4. The summed E-state index contributed by atoms with van der Waals surface area (Å²) < 4.78 is 10.4. The molecule has 8 heteroatoms. The van der Waals surface area contributed by atoms with Crippen molar-refractivity contribution in [3.8, 4) is 0 Å². The third-order valence-electron chi connectivity index (χ3n) is 4.77. The van der Waals surface area contributed by atoms with Gasteiger partial charge in [-0.2, -0.15) is 0 Å². The number of fused-ring (bicyclic) bond motifs is 1. The first-order valence-corrected chi connectivity index (χ1v) is 10.9. The summed E-state index contributed by atoms with van der Waals surface area (Å²) in [5.41, 5.74) is 1.20. The van der Waals surface area contributed by atoms with Crippen molar-refractivity contribution in [3.05, 3.63) is 53.9 Å². The molecule has 31 heavy (non-hydrogen) atoms. The smallest absolute Gasteiger partial charge is 0.337 e. The number of nitrogens with zero attached hydrogens (tertiary/aromatic N) is 2. The van der Waals surface area contributed by atoms with Gasteiger partial charge in [-0.3, -0.25) is 4.79 Å². The van der Waals surface area contributed by atoms with Gasteiger partial charge >= 0.3 is 5.97 Å². The molecule has 0 aromatic carbocycles. The van der Waals surface area contributed by atoms with Crippen LogP contribution in [0.2, 0.25) is 0 Å². The predicted molar refractivity (Wildman–Crippen MR) is 120 cm³/mol. The van der Waals surface area contributed by atoms with E-state index in [1.165, 1.54) is 7.11 Å². The molecule has 1 aromatic heterocycles. The molecule has 0 fully saturated rings. The molecule has 0 aliphatic carbocycles. The molecule has 3 heterocycles. The van der Waals surface area contributed by atoms with Gasteiger partial charge in [0, 0.05) is 19.3 Å². The molecule has 0 radical (unpaired) electrons. The maximum absolute atomic E-state index is 12.7. The van der Waals surface area contributed by atoms with Crippen molar-refractivity contribution in [1.29, 1.82) is 0 Å². The number of carbonyl (C=O) groups is 2. The number of furan rings is 1. The SMILES string of the molecule is CC.CCCN(CCC)C(=O)CNC1=C(c2ccco2)NC2C=C(C(=O)OC)C=CN12. The first kappa shape index (κ1) is 24.1. The molecule has 170 valence electrons. The fourth-order valence-electron chi connectivity index (χ4n) is 3.44. The summed E-state index contributed by atoms with van der Waals surface area (Å²) in [4.78, 5) is 28.4. The molecule has 2 N–H and O–H groups in total. The third-order valence-corrected chi connectivity index (χ3v) is 4.77. The van der Waals surface area contributed by atoms with E-state index in [1.807, 2.05) is 29.7 Å². The van der Waals surface area contributed by atoms with E-state index in [2.05, 4.69) is 24.5 Å². The van der Waals surface area contributed by atoms with Crippen LogP contribution >= 0.6 is 0 Å². The van der Waals surface area contributed by atoms with E-state index < -0.39 is 5.97 Å². The first-order chi connectivity index (χ1) is 15.1. The van der Waals surface area contributed by atoms with Crippen molar-refractivity contribution in [2.45, 2.75) is 46.7 Å². The van der Waals surface area contributed by atoms with Gasteiger partial charge in [-0.25, -0.2) is 4.79 Å². The summed E-state index contributed by atoms with van der Waals surface area (Å²) in [5.74, 6) is 1.03. The summed E-state index contributed by atoms with van der Waals surface area (Å²) in [5, 5.41) is 6.62. The second-order valence-electron chi connectivity index (χ2n) is 6.86. The molecule has 1 atom stereocenters. The largest absolute Gasteiger partial charge is 0.465 e.